The second kappa shape index (κ2) is 5.96. The molecule has 1 heterocycles. The Bertz CT molecular complexity index is 471. The first-order valence-electron chi connectivity index (χ1n) is 7.43. The lowest BCUT2D eigenvalue weighted by Crippen LogP contribution is -2.39. The van der Waals surface area contributed by atoms with E-state index < -0.39 is 0 Å². The lowest BCUT2D eigenvalue weighted by atomic mass is 9.86. The third-order valence-corrected chi connectivity index (χ3v) is 4.14. The van der Waals surface area contributed by atoms with E-state index in [2.05, 4.69) is 62.0 Å². The molecule has 1 unspecified atom stereocenters. The molecule has 0 radical (unpaired) electrons. The van der Waals surface area contributed by atoms with Crippen LogP contribution in [-0.4, -0.2) is 28.9 Å². The van der Waals surface area contributed by atoms with E-state index >= 15 is 0 Å². The first-order chi connectivity index (χ1) is 9.40. The highest BCUT2D eigenvalue weighted by atomic mass is 16.4. The second-order valence-electron chi connectivity index (χ2n) is 6.92. The minimum atomic E-state index is 0.213. The number of piperidine rings is 1. The second-order valence-corrected chi connectivity index (χ2v) is 6.92. The van der Waals surface area contributed by atoms with E-state index in [1.54, 1.807) is 0 Å². The molecular weight excluding hydrogens is 248 g/mol. The van der Waals surface area contributed by atoms with Crippen LogP contribution in [-0.2, 0) is 12.0 Å². The van der Waals surface area contributed by atoms with Gasteiger partial charge in [0.15, 0.2) is 0 Å². The zero-order valence-corrected chi connectivity index (χ0v) is 13.1. The zero-order valence-electron chi connectivity index (χ0n) is 13.1. The summed E-state index contributed by atoms with van der Waals surface area (Å²) in [5.41, 5.74) is 3.88. The van der Waals surface area contributed by atoms with Gasteiger partial charge in [-0.15, -0.1) is 0 Å². The number of hydrogen-bond donors (Lipinski definition) is 1. The molecule has 2 rings (SSSR count). The largest absolute Gasteiger partial charge is 0.411 e. The maximum absolute atomic E-state index is 8.91. The van der Waals surface area contributed by atoms with Gasteiger partial charge in [-0.1, -0.05) is 57.1 Å². The van der Waals surface area contributed by atoms with E-state index in [9.17, 15) is 0 Å². The highest BCUT2D eigenvalue weighted by molar-refractivity contribution is 5.86. The van der Waals surface area contributed by atoms with Crippen LogP contribution in [0, 0.1) is 5.92 Å². The number of rotatable bonds is 2. The quantitative estimate of drug-likeness (QED) is 0.660. The maximum Gasteiger partial charge on any atom is 0.0624 e. The number of hydrogen-bond acceptors (Lipinski definition) is 3. The molecule has 3 nitrogen and oxygen atoms in total. The van der Waals surface area contributed by atoms with E-state index in [-0.39, 0.29) is 5.41 Å². The molecule has 0 spiro atoms. The third kappa shape index (κ3) is 3.60. The fraction of sp³-hybridized carbons (Fsp3) is 0.588. The first kappa shape index (κ1) is 15.0. The summed E-state index contributed by atoms with van der Waals surface area (Å²) in [7, 11) is 0. The van der Waals surface area contributed by atoms with Gasteiger partial charge in [0.05, 0.1) is 5.71 Å². The van der Waals surface area contributed by atoms with Crippen LogP contribution < -0.4 is 0 Å². The van der Waals surface area contributed by atoms with Crippen molar-refractivity contribution in [1.82, 2.24) is 4.90 Å². The van der Waals surface area contributed by atoms with Gasteiger partial charge >= 0.3 is 0 Å². The number of nitrogens with zero attached hydrogens (tertiary/aromatic N) is 2. The summed E-state index contributed by atoms with van der Waals surface area (Å²) in [5, 5.41) is 12.3. The molecule has 1 atom stereocenters. The molecule has 1 fully saturated rings. The number of likely N-dealkylation sites (tertiary alicyclic amines) is 1. The average Bonchev–Trinajstić information content (AvgIpc) is 2.38. The maximum atomic E-state index is 8.91. The fourth-order valence-corrected chi connectivity index (χ4v) is 2.76. The van der Waals surface area contributed by atoms with E-state index in [4.69, 9.17) is 5.21 Å². The molecular formula is C17H26N2O. The van der Waals surface area contributed by atoms with Gasteiger partial charge < -0.3 is 5.21 Å². The van der Waals surface area contributed by atoms with Crippen molar-refractivity contribution in [1.29, 1.82) is 0 Å². The first-order valence-corrected chi connectivity index (χ1v) is 7.43. The van der Waals surface area contributed by atoms with Crippen LogP contribution in [0.15, 0.2) is 29.4 Å². The molecule has 3 heteroatoms. The Hall–Kier alpha value is -1.35. The van der Waals surface area contributed by atoms with Gasteiger partial charge in [-0.3, -0.25) is 4.90 Å². The van der Waals surface area contributed by atoms with Crippen molar-refractivity contribution in [3.63, 3.8) is 0 Å². The van der Waals surface area contributed by atoms with Crippen molar-refractivity contribution in [2.45, 2.75) is 46.1 Å². The van der Waals surface area contributed by atoms with Crippen LogP contribution >= 0.6 is 0 Å². The fourth-order valence-electron chi connectivity index (χ4n) is 2.76. The molecule has 1 aliphatic heterocycles. The molecule has 0 bridgehead atoms. The summed E-state index contributed by atoms with van der Waals surface area (Å²) in [6.45, 7) is 11.8. The number of oxime groups is 1. The summed E-state index contributed by atoms with van der Waals surface area (Å²) < 4.78 is 0. The van der Waals surface area contributed by atoms with Gasteiger partial charge in [0.2, 0.25) is 0 Å². The van der Waals surface area contributed by atoms with Crippen molar-refractivity contribution < 1.29 is 5.21 Å². The molecule has 1 aromatic rings. The van der Waals surface area contributed by atoms with Crippen molar-refractivity contribution in [3.05, 3.63) is 35.4 Å². The summed E-state index contributed by atoms with van der Waals surface area (Å²) in [4.78, 5) is 2.44. The van der Waals surface area contributed by atoms with Gasteiger partial charge in [0.25, 0.3) is 0 Å². The zero-order chi connectivity index (χ0) is 14.8. The van der Waals surface area contributed by atoms with Crippen LogP contribution in [0.1, 0.15) is 45.2 Å². The van der Waals surface area contributed by atoms with Crippen LogP contribution in [0.25, 0.3) is 0 Å². The van der Waals surface area contributed by atoms with Crippen molar-refractivity contribution in [2.24, 2.45) is 11.1 Å². The molecule has 20 heavy (non-hydrogen) atoms. The predicted molar refractivity (Wildman–Crippen MR) is 83.4 cm³/mol. The molecule has 1 saturated heterocycles. The monoisotopic (exact) mass is 274 g/mol. The minimum absolute atomic E-state index is 0.213. The van der Waals surface area contributed by atoms with E-state index in [0.717, 1.165) is 31.8 Å². The van der Waals surface area contributed by atoms with Gasteiger partial charge in [-0.05, 0) is 16.5 Å². The molecule has 0 aliphatic carbocycles. The van der Waals surface area contributed by atoms with Gasteiger partial charge in [-0.2, -0.15) is 0 Å². The normalized spacial score (nSPS) is 23.2. The highest BCUT2D eigenvalue weighted by Crippen LogP contribution is 2.23. The van der Waals surface area contributed by atoms with E-state index in [1.807, 2.05) is 0 Å². The van der Waals surface area contributed by atoms with Crippen molar-refractivity contribution >= 4 is 5.71 Å². The van der Waals surface area contributed by atoms with Crippen molar-refractivity contribution in [3.8, 4) is 0 Å². The van der Waals surface area contributed by atoms with Crippen LogP contribution in [0.5, 0.6) is 0 Å². The van der Waals surface area contributed by atoms with E-state index in [1.165, 1.54) is 11.1 Å². The van der Waals surface area contributed by atoms with Crippen molar-refractivity contribution in [2.75, 3.05) is 13.1 Å². The smallest absolute Gasteiger partial charge is 0.0624 e. The molecule has 0 amide bonds. The Labute approximate surface area is 122 Å². The molecule has 1 aliphatic rings. The molecule has 0 saturated carbocycles. The Balaban J connectivity index is 1.98. The van der Waals surface area contributed by atoms with E-state index in [0.29, 0.717) is 5.92 Å². The van der Waals surface area contributed by atoms with Gasteiger partial charge in [0, 0.05) is 32.0 Å². The summed E-state index contributed by atoms with van der Waals surface area (Å²) in [6.07, 6.45) is 0.873. The predicted octanol–water partition coefficient (Wildman–Crippen LogP) is 3.66. The van der Waals surface area contributed by atoms with Gasteiger partial charge in [-0.25, -0.2) is 0 Å². The Morgan fingerprint density at radius 2 is 1.90 bits per heavy atom. The molecule has 110 valence electrons. The summed E-state index contributed by atoms with van der Waals surface area (Å²) in [5.74, 6) is 0.350. The summed E-state index contributed by atoms with van der Waals surface area (Å²) >= 11 is 0. The van der Waals surface area contributed by atoms with Crippen LogP contribution in [0.4, 0.5) is 0 Å². The SMILES string of the molecule is CC1CN(Cc2ccc(C(C)(C)C)cc2)CC/C1=N\O. The Kier molecular flexibility index (Phi) is 4.48. The average molecular weight is 274 g/mol. The lowest BCUT2D eigenvalue weighted by Gasteiger charge is -2.31. The van der Waals surface area contributed by atoms with Crippen LogP contribution in [0.3, 0.4) is 0 Å². The third-order valence-electron chi connectivity index (χ3n) is 4.14. The molecule has 1 aromatic carbocycles. The molecule has 0 aromatic heterocycles. The van der Waals surface area contributed by atoms with Gasteiger partial charge in [0.1, 0.15) is 0 Å². The standard InChI is InChI=1S/C17H26N2O/c1-13-11-19(10-9-16(13)18-20)12-14-5-7-15(8-6-14)17(2,3)4/h5-8,13,20H,9-12H2,1-4H3/b18-16+. The molecule has 1 N–H and O–H groups in total. The Morgan fingerprint density at radius 1 is 1.25 bits per heavy atom. The minimum Gasteiger partial charge on any atom is -0.411 e. The summed E-state index contributed by atoms with van der Waals surface area (Å²) in [6, 6.07) is 8.95. The number of benzene rings is 1. The lowest BCUT2D eigenvalue weighted by molar-refractivity contribution is 0.228. The Morgan fingerprint density at radius 3 is 2.40 bits per heavy atom. The van der Waals surface area contributed by atoms with Crippen LogP contribution in [0.2, 0.25) is 0 Å². The highest BCUT2D eigenvalue weighted by Gasteiger charge is 2.22. The topological polar surface area (TPSA) is 35.8 Å².